The molecular formula is C27H22F5N5O2. The van der Waals surface area contributed by atoms with E-state index in [9.17, 15) is 22.0 Å². The number of imidazole rings is 1. The van der Waals surface area contributed by atoms with Crippen LogP contribution >= 0.6 is 0 Å². The van der Waals surface area contributed by atoms with Crippen LogP contribution in [0.5, 0.6) is 5.75 Å². The van der Waals surface area contributed by atoms with Gasteiger partial charge in [0.2, 0.25) is 0 Å². The Morgan fingerprint density at radius 3 is 2.56 bits per heavy atom. The van der Waals surface area contributed by atoms with Crippen LogP contribution in [0.3, 0.4) is 0 Å². The first-order valence-electron chi connectivity index (χ1n) is 12.1. The fourth-order valence-corrected chi connectivity index (χ4v) is 3.85. The SMILES string of the molecule is CC[C@H](C)COc1ccc(-c2cc(Cn3cc4nc(-c5cccc(F)c5F)nc-4cn3)on2)c(C(F)(F)F)c1. The van der Waals surface area contributed by atoms with Crippen LogP contribution in [0, 0.1) is 17.6 Å². The number of benzene rings is 2. The zero-order chi connectivity index (χ0) is 27.7. The summed E-state index contributed by atoms with van der Waals surface area (Å²) in [6.07, 6.45) is -0.895. The van der Waals surface area contributed by atoms with Crippen molar-refractivity contribution >= 4 is 0 Å². The molecule has 0 radical (unpaired) electrons. The number of ether oxygens (including phenoxy) is 1. The van der Waals surface area contributed by atoms with Crippen LogP contribution in [0.25, 0.3) is 34.0 Å². The van der Waals surface area contributed by atoms with Gasteiger partial charge in [-0.05, 0) is 36.2 Å². The molecule has 1 aromatic heterocycles. The number of rotatable bonds is 8. The number of alkyl halides is 3. The van der Waals surface area contributed by atoms with Crippen molar-refractivity contribution in [2.24, 2.45) is 5.92 Å². The molecule has 5 rings (SSSR count). The average Bonchev–Trinajstić information content (AvgIpc) is 3.55. The Morgan fingerprint density at radius 2 is 1.79 bits per heavy atom. The van der Waals surface area contributed by atoms with Gasteiger partial charge in [0.25, 0.3) is 0 Å². The molecule has 12 heteroatoms. The minimum atomic E-state index is -4.64. The van der Waals surface area contributed by atoms with Gasteiger partial charge in [0.15, 0.2) is 23.2 Å². The van der Waals surface area contributed by atoms with Crippen LogP contribution in [0.15, 0.2) is 59.4 Å². The van der Waals surface area contributed by atoms with Gasteiger partial charge in [0.1, 0.15) is 29.4 Å². The first kappa shape index (κ1) is 26.3. The minimum Gasteiger partial charge on any atom is -0.493 e. The van der Waals surface area contributed by atoms with E-state index >= 15 is 0 Å². The van der Waals surface area contributed by atoms with Crippen LogP contribution in [0.4, 0.5) is 22.0 Å². The summed E-state index contributed by atoms with van der Waals surface area (Å²) in [5.41, 5.74) is -0.408. The molecule has 0 amide bonds. The monoisotopic (exact) mass is 543 g/mol. The second-order valence-corrected chi connectivity index (χ2v) is 9.10. The molecule has 0 N–H and O–H groups in total. The number of nitrogens with zero attached hydrogens (tertiary/aromatic N) is 5. The smallest absolute Gasteiger partial charge is 0.417 e. The minimum absolute atomic E-state index is 0.000223. The maximum atomic E-state index is 14.2. The third kappa shape index (κ3) is 5.59. The largest absolute Gasteiger partial charge is 0.493 e. The zero-order valence-corrected chi connectivity index (χ0v) is 20.8. The average molecular weight is 543 g/mol. The summed E-state index contributed by atoms with van der Waals surface area (Å²) < 4.78 is 81.6. The summed E-state index contributed by atoms with van der Waals surface area (Å²) in [6, 6.07) is 8.85. The molecule has 1 atom stereocenters. The maximum Gasteiger partial charge on any atom is 0.417 e. The molecule has 0 saturated carbocycles. The van der Waals surface area contributed by atoms with Gasteiger partial charge >= 0.3 is 6.18 Å². The highest BCUT2D eigenvalue weighted by molar-refractivity contribution is 5.66. The highest BCUT2D eigenvalue weighted by Crippen LogP contribution is 2.39. The van der Waals surface area contributed by atoms with Crippen LogP contribution in [0.2, 0.25) is 0 Å². The van der Waals surface area contributed by atoms with Crippen molar-refractivity contribution in [3.05, 3.63) is 77.8 Å². The lowest BCUT2D eigenvalue weighted by atomic mass is 10.0. The third-order valence-corrected chi connectivity index (χ3v) is 6.19. The number of fused-ring (bicyclic) bond motifs is 1. The van der Waals surface area contributed by atoms with E-state index in [-0.39, 0.29) is 46.6 Å². The van der Waals surface area contributed by atoms with Crippen LogP contribution < -0.4 is 4.74 Å². The lowest BCUT2D eigenvalue weighted by Crippen LogP contribution is -2.10. The Kier molecular flexibility index (Phi) is 7.02. The predicted octanol–water partition coefficient (Wildman–Crippen LogP) is 6.87. The molecule has 2 aromatic carbocycles. The highest BCUT2D eigenvalue weighted by Gasteiger charge is 2.35. The fraction of sp³-hybridized carbons (Fsp3) is 0.259. The Labute approximate surface area is 219 Å². The zero-order valence-electron chi connectivity index (χ0n) is 20.8. The molecule has 0 aliphatic carbocycles. The normalized spacial score (nSPS) is 12.7. The molecule has 0 saturated heterocycles. The van der Waals surface area contributed by atoms with Gasteiger partial charge in [-0.25, -0.2) is 18.7 Å². The Morgan fingerprint density at radius 1 is 1.00 bits per heavy atom. The highest BCUT2D eigenvalue weighted by atomic mass is 19.4. The first-order valence-corrected chi connectivity index (χ1v) is 12.1. The van der Waals surface area contributed by atoms with Crippen molar-refractivity contribution in [2.45, 2.75) is 33.0 Å². The van der Waals surface area contributed by atoms with Gasteiger partial charge in [-0.15, -0.1) is 0 Å². The lowest BCUT2D eigenvalue weighted by Gasteiger charge is -2.15. The fourth-order valence-electron chi connectivity index (χ4n) is 3.85. The topological polar surface area (TPSA) is 78.9 Å². The molecule has 202 valence electrons. The van der Waals surface area contributed by atoms with Crippen LogP contribution in [0.1, 0.15) is 31.6 Å². The van der Waals surface area contributed by atoms with Gasteiger partial charge < -0.3 is 9.26 Å². The number of hydrogen-bond donors (Lipinski definition) is 0. The molecule has 3 heterocycles. The van der Waals surface area contributed by atoms with E-state index in [0.717, 1.165) is 18.6 Å². The van der Waals surface area contributed by atoms with Crippen molar-refractivity contribution < 1.29 is 31.2 Å². The van der Waals surface area contributed by atoms with E-state index in [1.54, 1.807) is 0 Å². The van der Waals surface area contributed by atoms with Crippen molar-refractivity contribution in [1.29, 1.82) is 0 Å². The molecule has 0 unspecified atom stereocenters. The Bertz CT molecular complexity index is 1580. The summed E-state index contributed by atoms with van der Waals surface area (Å²) in [7, 11) is 0. The van der Waals surface area contributed by atoms with Crippen molar-refractivity contribution in [1.82, 2.24) is 24.9 Å². The van der Waals surface area contributed by atoms with Gasteiger partial charge in [-0.3, -0.25) is 4.68 Å². The molecule has 0 spiro atoms. The lowest BCUT2D eigenvalue weighted by molar-refractivity contribution is -0.137. The maximum absolute atomic E-state index is 14.2. The van der Waals surface area contributed by atoms with Gasteiger partial charge in [0, 0.05) is 11.6 Å². The molecular weight excluding hydrogens is 521 g/mol. The van der Waals surface area contributed by atoms with E-state index in [2.05, 4.69) is 20.2 Å². The van der Waals surface area contributed by atoms with Crippen molar-refractivity contribution in [3.8, 4) is 39.8 Å². The molecule has 0 fully saturated rings. The second kappa shape index (κ2) is 10.4. The Hall–Kier alpha value is -4.35. The van der Waals surface area contributed by atoms with E-state index in [0.29, 0.717) is 18.0 Å². The molecule has 2 aliphatic rings. The summed E-state index contributed by atoms with van der Waals surface area (Å²) >= 11 is 0. The third-order valence-electron chi connectivity index (χ3n) is 6.19. The van der Waals surface area contributed by atoms with Crippen LogP contribution in [-0.2, 0) is 12.7 Å². The van der Waals surface area contributed by atoms with Crippen molar-refractivity contribution in [3.63, 3.8) is 0 Å². The summed E-state index contributed by atoms with van der Waals surface area (Å²) in [5.74, 6) is -1.51. The number of aromatic nitrogens is 5. The van der Waals surface area contributed by atoms with E-state index < -0.39 is 23.4 Å². The summed E-state index contributed by atoms with van der Waals surface area (Å²) in [5, 5.41) is 8.04. The standard InChI is InChI=1S/C27H22F5N5O2/c1-3-15(2)14-38-16-7-8-18(20(9-16)27(30,31)32)22-10-17(39-36-22)12-37-13-24-23(11-33-37)34-26(35-24)19-5-4-6-21(28)25(19)29/h4-11,13,15H,3,12,14H2,1-2H3/t15-/m0/s1. The van der Waals surface area contributed by atoms with E-state index in [1.807, 2.05) is 13.8 Å². The predicted molar refractivity (Wildman–Crippen MR) is 131 cm³/mol. The van der Waals surface area contributed by atoms with Crippen molar-refractivity contribution in [2.75, 3.05) is 6.61 Å². The molecule has 39 heavy (non-hydrogen) atoms. The summed E-state index contributed by atoms with van der Waals surface area (Å²) in [4.78, 5) is 8.45. The van der Waals surface area contributed by atoms with Crippen LogP contribution in [-0.4, -0.2) is 31.5 Å². The first-order chi connectivity index (χ1) is 18.6. The second-order valence-electron chi connectivity index (χ2n) is 9.10. The Balaban J connectivity index is 1.38. The summed E-state index contributed by atoms with van der Waals surface area (Å²) in [6.45, 7) is 4.26. The molecule has 0 bridgehead atoms. The van der Waals surface area contributed by atoms with Gasteiger partial charge in [-0.1, -0.05) is 31.5 Å². The number of hydrogen-bond acceptors (Lipinski definition) is 6. The van der Waals surface area contributed by atoms with Gasteiger partial charge in [0.05, 0.1) is 30.1 Å². The number of halogens is 5. The van der Waals surface area contributed by atoms with Gasteiger partial charge in [-0.2, -0.15) is 18.3 Å². The molecule has 2 aliphatic heterocycles. The molecule has 3 aromatic rings. The van der Waals surface area contributed by atoms with E-state index in [4.69, 9.17) is 9.26 Å². The quantitative estimate of drug-likeness (QED) is 0.199. The molecule has 7 nitrogen and oxygen atoms in total. The van der Waals surface area contributed by atoms with E-state index in [1.165, 1.54) is 47.4 Å².